The lowest BCUT2D eigenvalue weighted by Gasteiger charge is -2.14. The van der Waals surface area contributed by atoms with Gasteiger partial charge in [0.05, 0.1) is 17.4 Å². The van der Waals surface area contributed by atoms with E-state index in [0.717, 1.165) is 29.7 Å². The predicted molar refractivity (Wildman–Crippen MR) is 84.3 cm³/mol. The van der Waals surface area contributed by atoms with Gasteiger partial charge in [-0.2, -0.15) is 5.10 Å². The van der Waals surface area contributed by atoms with Crippen molar-refractivity contribution in [3.63, 3.8) is 0 Å². The maximum Gasteiger partial charge on any atom is 0.257 e. The van der Waals surface area contributed by atoms with E-state index in [4.69, 9.17) is 5.73 Å². The number of halogens is 1. The lowest BCUT2D eigenvalue weighted by molar-refractivity contribution is 0.0787. The molecule has 0 aliphatic carbocycles. The van der Waals surface area contributed by atoms with E-state index in [1.54, 1.807) is 17.1 Å². The van der Waals surface area contributed by atoms with Crippen LogP contribution >= 0.6 is 15.9 Å². The van der Waals surface area contributed by atoms with Gasteiger partial charge in [-0.05, 0) is 43.1 Å². The van der Waals surface area contributed by atoms with Crippen LogP contribution in [0.4, 0.5) is 0 Å². The van der Waals surface area contributed by atoms with E-state index in [1.165, 1.54) is 0 Å². The molecule has 2 heterocycles. The Balaban J connectivity index is 1.75. The van der Waals surface area contributed by atoms with E-state index >= 15 is 0 Å². The zero-order valence-corrected chi connectivity index (χ0v) is 13.2. The lowest BCUT2D eigenvalue weighted by atomic mass is 10.1. The third kappa shape index (κ3) is 3.01. The summed E-state index contributed by atoms with van der Waals surface area (Å²) in [5, 5.41) is 4.28. The number of hydrogen-bond donors (Lipinski definition) is 1. The molecule has 21 heavy (non-hydrogen) atoms. The van der Waals surface area contributed by atoms with Gasteiger partial charge in [0.1, 0.15) is 0 Å². The molecule has 0 unspecified atom stereocenters. The number of aromatic nitrogens is 2. The average molecular weight is 349 g/mol. The number of benzene rings is 1. The molecule has 1 saturated heterocycles. The highest BCUT2D eigenvalue weighted by molar-refractivity contribution is 9.10. The Bertz CT molecular complexity index is 637. The average Bonchev–Trinajstić information content (AvgIpc) is 3.16. The van der Waals surface area contributed by atoms with Crippen LogP contribution in [0.25, 0.3) is 5.69 Å². The summed E-state index contributed by atoms with van der Waals surface area (Å²) >= 11 is 3.40. The van der Waals surface area contributed by atoms with Gasteiger partial charge in [0, 0.05) is 23.8 Å². The molecular weight excluding hydrogens is 332 g/mol. The SMILES string of the molecule is NC[C@@H]1CCN(C(=O)c2cnn(-c3ccc(Br)cc3)c2)C1. The number of rotatable bonds is 3. The zero-order chi connectivity index (χ0) is 14.8. The number of nitrogens with zero attached hydrogens (tertiary/aromatic N) is 3. The Labute approximate surface area is 131 Å². The van der Waals surface area contributed by atoms with Gasteiger partial charge >= 0.3 is 0 Å². The summed E-state index contributed by atoms with van der Waals surface area (Å²) in [6.07, 6.45) is 4.39. The van der Waals surface area contributed by atoms with E-state index < -0.39 is 0 Å². The molecule has 6 heteroatoms. The first-order valence-electron chi connectivity index (χ1n) is 6.97. The minimum atomic E-state index is 0.0364. The Kier molecular flexibility index (Phi) is 4.07. The monoisotopic (exact) mass is 348 g/mol. The molecule has 1 fully saturated rings. The highest BCUT2D eigenvalue weighted by Gasteiger charge is 2.26. The minimum absolute atomic E-state index is 0.0364. The Morgan fingerprint density at radius 1 is 1.38 bits per heavy atom. The molecule has 0 bridgehead atoms. The third-order valence-corrected chi connectivity index (χ3v) is 4.36. The Morgan fingerprint density at radius 2 is 2.14 bits per heavy atom. The normalized spacial score (nSPS) is 18.2. The molecule has 0 spiro atoms. The lowest BCUT2D eigenvalue weighted by Crippen LogP contribution is -2.29. The van der Waals surface area contributed by atoms with Crippen LogP contribution < -0.4 is 5.73 Å². The molecule has 1 aliphatic heterocycles. The molecule has 2 aromatic rings. The van der Waals surface area contributed by atoms with E-state index in [0.29, 0.717) is 18.0 Å². The number of amides is 1. The van der Waals surface area contributed by atoms with Gasteiger partial charge in [-0.25, -0.2) is 4.68 Å². The van der Waals surface area contributed by atoms with E-state index in [-0.39, 0.29) is 5.91 Å². The molecule has 1 aromatic carbocycles. The van der Waals surface area contributed by atoms with Gasteiger partial charge in [0.15, 0.2) is 0 Å². The second-order valence-electron chi connectivity index (χ2n) is 5.29. The van der Waals surface area contributed by atoms with Crippen LogP contribution in [0.2, 0.25) is 0 Å². The van der Waals surface area contributed by atoms with E-state index in [2.05, 4.69) is 21.0 Å². The number of nitrogens with two attached hydrogens (primary N) is 1. The highest BCUT2D eigenvalue weighted by Crippen LogP contribution is 2.19. The third-order valence-electron chi connectivity index (χ3n) is 3.83. The number of hydrogen-bond acceptors (Lipinski definition) is 3. The summed E-state index contributed by atoms with van der Waals surface area (Å²) in [5.41, 5.74) is 7.22. The standard InChI is InChI=1S/C15H17BrN4O/c16-13-1-3-14(4-2-13)20-10-12(8-18-20)15(21)19-6-5-11(7-17)9-19/h1-4,8,10-11H,5-7,9,17H2/t11-/m0/s1. The fraction of sp³-hybridized carbons (Fsp3) is 0.333. The van der Waals surface area contributed by atoms with E-state index in [1.807, 2.05) is 29.2 Å². The van der Waals surface area contributed by atoms with Crippen molar-refractivity contribution in [1.29, 1.82) is 0 Å². The summed E-state index contributed by atoms with van der Waals surface area (Å²) in [4.78, 5) is 14.3. The van der Waals surface area contributed by atoms with Crippen molar-refractivity contribution in [2.75, 3.05) is 19.6 Å². The molecule has 1 aliphatic rings. The van der Waals surface area contributed by atoms with Crippen LogP contribution in [-0.4, -0.2) is 40.2 Å². The summed E-state index contributed by atoms with van der Waals surface area (Å²) < 4.78 is 2.73. The first-order valence-corrected chi connectivity index (χ1v) is 7.76. The van der Waals surface area contributed by atoms with Crippen LogP contribution in [0.15, 0.2) is 41.1 Å². The molecule has 1 aromatic heterocycles. The zero-order valence-electron chi connectivity index (χ0n) is 11.6. The van der Waals surface area contributed by atoms with Crippen molar-refractivity contribution < 1.29 is 4.79 Å². The van der Waals surface area contributed by atoms with Gasteiger partial charge < -0.3 is 10.6 Å². The Morgan fingerprint density at radius 3 is 2.81 bits per heavy atom. The van der Waals surface area contributed by atoms with Crippen molar-refractivity contribution in [2.24, 2.45) is 11.7 Å². The van der Waals surface area contributed by atoms with Crippen molar-refractivity contribution in [2.45, 2.75) is 6.42 Å². The van der Waals surface area contributed by atoms with Crippen molar-refractivity contribution in [1.82, 2.24) is 14.7 Å². The number of carbonyl (C=O) groups is 1. The van der Waals surface area contributed by atoms with Crippen molar-refractivity contribution in [3.8, 4) is 5.69 Å². The molecule has 5 nitrogen and oxygen atoms in total. The number of carbonyl (C=O) groups excluding carboxylic acids is 1. The topological polar surface area (TPSA) is 64.2 Å². The van der Waals surface area contributed by atoms with Gasteiger partial charge in [0.2, 0.25) is 0 Å². The fourth-order valence-corrected chi connectivity index (χ4v) is 2.82. The highest BCUT2D eigenvalue weighted by atomic mass is 79.9. The molecule has 0 radical (unpaired) electrons. The quantitative estimate of drug-likeness (QED) is 0.923. The van der Waals surface area contributed by atoms with Crippen molar-refractivity contribution in [3.05, 3.63) is 46.7 Å². The summed E-state index contributed by atoms with van der Waals surface area (Å²) in [5.74, 6) is 0.463. The fourth-order valence-electron chi connectivity index (χ4n) is 2.56. The van der Waals surface area contributed by atoms with Gasteiger partial charge in [-0.3, -0.25) is 4.79 Å². The molecule has 1 atom stereocenters. The van der Waals surface area contributed by atoms with Gasteiger partial charge in [0.25, 0.3) is 5.91 Å². The summed E-state index contributed by atoms with van der Waals surface area (Å²) in [7, 11) is 0. The predicted octanol–water partition coefficient (Wildman–Crippen LogP) is 2.06. The minimum Gasteiger partial charge on any atom is -0.338 e. The maximum absolute atomic E-state index is 12.4. The van der Waals surface area contributed by atoms with Gasteiger partial charge in [-0.15, -0.1) is 0 Å². The van der Waals surface area contributed by atoms with E-state index in [9.17, 15) is 4.79 Å². The first-order chi connectivity index (χ1) is 10.2. The second kappa shape index (κ2) is 5.99. The molecule has 3 rings (SSSR count). The van der Waals surface area contributed by atoms with Crippen LogP contribution in [0.5, 0.6) is 0 Å². The maximum atomic E-state index is 12.4. The molecule has 0 saturated carbocycles. The van der Waals surface area contributed by atoms with Gasteiger partial charge in [-0.1, -0.05) is 15.9 Å². The Hall–Kier alpha value is -1.66. The van der Waals surface area contributed by atoms with Crippen molar-refractivity contribution >= 4 is 21.8 Å². The summed E-state index contributed by atoms with van der Waals surface area (Å²) in [6, 6.07) is 7.80. The smallest absolute Gasteiger partial charge is 0.257 e. The largest absolute Gasteiger partial charge is 0.338 e. The van der Waals surface area contributed by atoms with Crippen LogP contribution in [0.3, 0.4) is 0 Å². The molecule has 2 N–H and O–H groups in total. The first kappa shape index (κ1) is 14.3. The summed E-state index contributed by atoms with van der Waals surface area (Å²) in [6.45, 7) is 2.17. The number of likely N-dealkylation sites (tertiary alicyclic amines) is 1. The van der Waals surface area contributed by atoms with Crippen LogP contribution in [0, 0.1) is 5.92 Å². The molecule has 110 valence electrons. The van der Waals surface area contributed by atoms with Crippen LogP contribution in [0.1, 0.15) is 16.8 Å². The molecule has 1 amide bonds. The van der Waals surface area contributed by atoms with Crippen LogP contribution in [-0.2, 0) is 0 Å². The molecular formula is C15H17BrN4O. The second-order valence-corrected chi connectivity index (χ2v) is 6.21.